The summed E-state index contributed by atoms with van der Waals surface area (Å²) in [4.78, 5) is 0. The number of nitrogens with zero attached hydrogens (tertiary/aromatic N) is 1. The van der Waals surface area contributed by atoms with Gasteiger partial charge in [-0.1, -0.05) is 12.1 Å². The van der Waals surface area contributed by atoms with Crippen molar-refractivity contribution in [1.29, 1.82) is 0 Å². The van der Waals surface area contributed by atoms with Crippen LogP contribution in [0.5, 0.6) is 0 Å². The van der Waals surface area contributed by atoms with Crippen LogP contribution in [-0.2, 0) is 6.42 Å². The molecule has 84 valence electrons. The van der Waals surface area contributed by atoms with Crippen molar-refractivity contribution >= 4 is 0 Å². The molecule has 3 N–H and O–H groups in total. The van der Waals surface area contributed by atoms with Gasteiger partial charge in [0.05, 0.1) is 5.69 Å². The largest absolute Gasteiger partial charge is 0.330 e. The lowest BCUT2D eigenvalue weighted by Crippen LogP contribution is -2.00. The van der Waals surface area contributed by atoms with E-state index in [1.807, 2.05) is 12.1 Å². The Morgan fingerprint density at radius 2 is 2.19 bits per heavy atom. The molecule has 0 saturated heterocycles. The van der Waals surface area contributed by atoms with Crippen LogP contribution in [0.25, 0.3) is 11.3 Å². The van der Waals surface area contributed by atoms with Crippen LogP contribution in [0.2, 0.25) is 0 Å². The molecule has 1 heterocycles. The molecular weight excluding hydrogens is 205 g/mol. The summed E-state index contributed by atoms with van der Waals surface area (Å²) in [6.45, 7) is 0.661. The van der Waals surface area contributed by atoms with Crippen LogP contribution in [-0.4, -0.2) is 16.7 Å². The molecule has 0 radical (unpaired) electrons. The monoisotopic (exact) mass is 219 g/mol. The van der Waals surface area contributed by atoms with Crippen molar-refractivity contribution in [2.24, 2.45) is 5.73 Å². The number of nitrogens with two attached hydrogens (primary N) is 1. The number of aromatic nitrogens is 2. The van der Waals surface area contributed by atoms with E-state index in [2.05, 4.69) is 10.2 Å². The number of H-pyrrole nitrogens is 1. The molecule has 2 aromatic rings. The van der Waals surface area contributed by atoms with Crippen LogP contribution >= 0.6 is 0 Å². The molecule has 1 aromatic carbocycles. The van der Waals surface area contributed by atoms with Crippen molar-refractivity contribution in [3.05, 3.63) is 41.8 Å². The first-order valence-electron chi connectivity index (χ1n) is 5.30. The molecular formula is C12H14FN3. The van der Waals surface area contributed by atoms with E-state index >= 15 is 0 Å². The van der Waals surface area contributed by atoms with Gasteiger partial charge in [0.25, 0.3) is 0 Å². The van der Waals surface area contributed by atoms with Crippen LogP contribution in [0.1, 0.15) is 12.1 Å². The van der Waals surface area contributed by atoms with Gasteiger partial charge in [-0.25, -0.2) is 4.39 Å². The van der Waals surface area contributed by atoms with Gasteiger partial charge in [0.2, 0.25) is 0 Å². The third kappa shape index (κ3) is 2.46. The summed E-state index contributed by atoms with van der Waals surface area (Å²) < 4.78 is 13.0. The third-order valence-corrected chi connectivity index (χ3v) is 2.40. The number of aryl methyl sites for hydroxylation is 1. The zero-order valence-electron chi connectivity index (χ0n) is 8.91. The first-order chi connectivity index (χ1) is 7.79. The van der Waals surface area contributed by atoms with Crippen molar-refractivity contribution in [3.8, 4) is 11.3 Å². The first-order valence-corrected chi connectivity index (χ1v) is 5.30. The summed E-state index contributed by atoms with van der Waals surface area (Å²) in [6.07, 6.45) is 1.80. The van der Waals surface area contributed by atoms with Crippen LogP contribution in [0, 0.1) is 5.82 Å². The predicted octanol–water partition coefficient (Wildman–Crippen LogP) is 2.11. The molecule has 0 bridgehead atoms. The fourth-order valence-corrected chi connectivity index (χ4v) is 1.58. The molecule has 0 aliphatic rings. The minimum absolute atomic E-state index is 0.246. The molecule has 0 atom stereocenters. The highest BCUT2D eigenvalue weighted by molar-refractivity contribution is 5.59. The van der Waals surface area contributed by atoms with Crippen LogP contribution < -0.4 is 5.73 Å². The van der Waals surface area contributed by atoms with Gasteiger partial charge >= 0.3 is 0 Å². The average Bonchev–Trinajstić information content (AvgIpc) is 2.75. The van der Waals surface area contributed by atoms with Gasteiger partial charge in [-0.05, 0) is 37.6 Å². The number of hydrogen-bond donors (Lipinski definition) is 2. The van der Waals surface area contributed by atoms with E-state index in [1.54, 1.807) is 6.07 Å². The van der Waals surface area contributed by atoms with Gasteiger partial charge in [0, 0.05) is 11.3 Å². The van der Waals surface area contributed by atoms with Gasteiger partial charge in [-0.2, -0.15) is 5.10 Å². The van der Waals surface area contributed by atoms with Crippen LogP contribution in [0.15, 0.2) is 30.3 Å². The van der Waals surface area contributed by atoms with Crippen molar-refractivity contribution in [2.45, 2.75) is 12.8 Å². The van der Waals surface area contributed by atoms with E-state index in [-0.39, 0.29) is 5.82 Å². The number of aromatic amines is 1. The summed E-state index contributed by atoms with van der Waals surface area (Å²) in [5.41, 5.74) is 8.02. The molecule has 0 fully saturated rings. The highest BCUT2D eigenvalue weighted by atomic mass is 19.1. The van der Waals surface area contributed by atoms with E-state index < -0.39 is 0 Å². The molecule has 0 aliphatic carbocycles. The van der Waals surface area contributed by atoms with Gasteiger partial charge < -0.3 is 5.73 Å². The molecule has 0 spiro atoms. The second kappa shape index (κ2) is 4.90. The van der Waals surface area contributed by atoms with Crippen molar-refractivity contribution in [3.63, 3.8) is 0 Å². The second-order valence-electron chi connectivity index (χ2n) is 3.68. The summed E-state index contributed by atoms with van der Waals surface area (Å²) in [5, 5.41) is 7.08. The maximum atomic E-state index is 13.0. The summed E-state index contributed by atoms with van der Waals surface area (Å²) in [7, 11) is 0. The fourth-order valence-electron chi connectivity index (χ4n) is 1.58. The normalized spacial score (nSPS) is 10.6. The molecule has 0 unspecified atom stereocenters. The van der Waals surface area contributed by atoms with Crippen LogP contribution in [0.3, 0.4) is 0 Å². The summed E-state index contributed by atoms with van der Waals surface area (Å²) in [5.74, 6) is -0.246. The SMILES string of the molecule is NCCCc1cc(-c2cccc(F)c2)n[nH]1. The second-order valence-corrected chi connectivity index (χ2v) is 3.68. The molecule has 16 heavy (non-hydrogen) atoms. The lowest BCUT2D eigenvalue weighted by atomic mass is 10.1. The van der Waals surface area contributed by atoms with Gasteiger partial charge in [-0.15, -0.1) is 0 Å². The van der Waals surface area contributed by atoms with Crippen molar-refractivity contribution in [1.82, 2.24) is 10.2 Å². The Kier molecular flexibility index (Phi) is 3.31. The summed E-state index contributed by atoms with van der Waals surface area (Å²) in [6, 6.07) is 8.35. The lowest BCUT2D eigenvalue weighted by Gasteiger charge is -1.95. The van der Waals surface area contributed by atoms with Crippen molar-refractivity contribution < 1.29 is 4.39 Å². The van der Waals surface area contributed by atoms with Gasteiger partial charge in [0.1, 0.15) is 5.82 Å². The maximum Gasteiger partial charge on any atom is 0.123 e. The van der Waals surface area contributed by atoms with Gasteiger partial charge in [-0.3, -0.25) is 5.10 Å². The Bertz CT molecular complexity index is 465. The number of nitrogens with one attached hydrogen (secondary N) is 1. The fraction of sp³-hybridized carbons (Fsp3) is 0.250. The van der Waals surface area contributed by atoms with E-state index in [0.29, 0.717) is 6.54 Å². The highest BCUT2D eigenvalue weighted by Gasteiger charge is 2.04. The number of benzene rings is 1. The smallest absolute Gasteiger partial charge is 0.123 e. The third-order valence-electron chi connectivity index (χ3n) is 2.40. The Morgan fingerprint density at radius 1 is 1.31 bits per heavy atom. The number of hydrogen-bond acceptors (Lipinski definition) is 2. The van der Waals surface area contributed by atoms with Gasteiger partial charge in [0.15, 0.2) is 0 Å². The topological polar surface area (TPSA) is 54.7 Å². The minimum Gasteiger partial charge on any atom is -0.330 e. The quantitative estimate of drug-likeness (QED) is 0.827. The molecule has 1 aromatic heterocycles. The highest BCUT2D eigenvalue weighted by Crippen LogP contribution is 2.18. The molecule has 0 saturated carbocycles. The zero-order chi connectivity index (χ0) is 11.4. The number of halogens is 1. The zero-order valence-corrected chi connectivity index (χ0v) is 8.91. The van der Waals surface area contributed by atoms with E-state index in [9.17, 15) is 4.39 Å². The van der Waals surface area contributed by atoms with E-state index in [0.717, 1.165) is 29.8 Å². The number of rotatable bonds is 4. The van der Waals surface area contributed by atoms with E-state index in [4.69, 9.17) is 5.73 Å². The first kappa shape index (κ1) is 10.8. The summed E-state index contributed by atoms with van der Waals surface area (Å²) >= 11 is 0. The molecule has 3 nitrogen and oxygen atoms in total. The molecule has 4 heteroatoms. The molecule has 0 amide bonds. The lowest BCUT2D eigenvalue weighted by molar-refractivity contribution is 0.628. The average molecular weight is 219 g/mol. The Labute approximate surface area is 93.5 Å². The van der Waals surface area contributed by atoms with Crippen molar-refractivity contribution in [2.75, 3.05) is 6.54 Å². The van der Waals surface area contributed by atoms with E-state index in [1.165, 1.54) is 12.1 Å². The van der Waals surface area contributed by atoms with Crippen LogP contribution in [0.4, 0.5) is 4.39 Å². The standard InChI is InChI=1S/C12H14FN3/c13-10-4-1-3-9(7-10)12-8-11(15-16-12)5-2-6-14/h1,3-4,7-8H,2,5-6,14H2,(H,15,16). The predicted molar refractivity (Wildman–Crippen MR) is 61.4 cm³/mol. The molecule has 2 rings (SSSR count). The Morgan fingerprint density at radius 3 is 2.94 bits per heavy atom. The maximum absolute atomic E-state index is 13.0. The molecule has 0 aliphatic heterocycles. The Hall–Kier alpha value is -1.68. The minimum atomic E-state index is -0.246. The Balaban J connectivity index is 2.18.